The van der Waals surface area contributed by atoms with Gasteiger partial charge in [-0.3, -0.25) is 9.59 Å². The van der Waals surface area contributed by atoms with Crippen molar-refractivity contribution in [3.8, 4) is 0 Å². The maximum atomic E-state index is 12.7. The third-order valence-electron chi connectivity index (χ3n) is 4.40. The number of piperazine rings is 1. The van der Waals surface area contributed by atoms with Gasteiger partial charge in [0.25, 0.3) is 11.8 Å². The lowest BCUT2D eigenvalue weighted by Crippen LogP contribution is -2.51. The molecule has 10 heteroatoms. The summed E-state index contributed by atoms with van der Waals surface area (Å²) in [5.74, 6) is -1.58. The van der Waals surface area contributed by atoms with Crippen molar-refractivity contribution in [2.45, 2.75) is 6.18 Å². The third kappa shape index (κ3) is 4.95. The number of rotatable bonds is 4. The van der Waals surface area contributed by atoms with Crippen molar-refractivity contribution in [2.24, 2.45) is 0 Å². The number of hydrogen-bond acceptors (Lipinski definition) is 5. The van der Waals surface area contributed by atoms with Crippen molar-refractivity contribution in [2.75, 3.05) is 32.8 Å². The van der Waals surface area contributed by atoms with Gasteiger partial charge < -0.3 is 19.0 Å². The summed E-state index contributed by atoms with van der Waals surface area (Å²) in [6.07, 6.45) is -3.19. The van der Waals surface area contributed by atoms with Crippen molar-refractivity contribution in [1.82, 2.24) is 9.80 Å². The number of nitrogens with zero attached hydrogens (tertiary/aromatic N) is 2. The predicted molar refractivity (Wildman–Crippen MR) is 92.9 cm³/mol. The van der Waals surface area contributed by atoms with Gasteiger partial charge in [0.05, 0.1) is 17.4 Å². The molecule has 2 amide bonds. The van der Waals surface area contributed by atoms with Gasteiger partial charge in [0.2, 0.25) is 0 Å². The Bertz CT molecular complexity index is 887. The van der Waals surface area contributed by atoms with E-state index in [2.05, 4.69) is 0 Å². The fourth-order valence-corrected chi connectivity index (χ4v) is 2.84. The molecule has 0 N–H and O–H groups in total. The first-order chi connectivity index (χ1) is 13.8. The van der Waals surface area contributed by atoms with Crippen LogP contribution in [0.4, 0.5) is 13.2 Å². The standard InChI is InChI=1S/C19H17F3N2O5/c20-19(21,22)14-4-1-3-13(11-14)18(27)29-12-16(25)23-6-8-24(9-7-23)17(26)15-5-2-10-28-15/h1-5,10-11H,6-9,12H2. The Kier molecular flexibility index (Phi) is 5.90. The summed E-state index contributed by atoms with van der Waals surface area (Å²) in [4.78, 5) is 39.3. The molecule has 0 radical (unpaired) electrons. The van der Waals surface area contributed by atoms with Crippen molar-refractivity contribution in [1.29, 1.82) is 0 Å². The molecular weight excluding hydrogens is 393 g/mol. The Morgan fingerprint density at radius 2 is 1.69 bits per heavy atom. The number of furan rings is 1. The maximum absolute atomic E-state index is 12.7. The molecule has 1 aromatic carbocycles. The Morgan fingerprint density at radius 1 is 1.00 bits per heavy atom. The second-order valence-corrected chi connectivity index (χ2v) is 6.30. The van der Waals surface area contributed by atoms with Crippen molar-refractivity contribution >= 4 is 17.8 Å². The minimum Gasteiger partial charge on any atom is -0.459 e. The summed E-state index contributed by atoms with van der Waals surface area (Å²) in [5.41, 5.74) is -1.27. The minimum atomic E-state index is -4.58. The highest BCUT2D eigenvalue weighted by Gasteiger charge is 2.31. The molecule has 0 bridgehead atoms. The quantitative estimate of drug-likeness (QED) is 0.724. The predicted octanol–water partition coefficient (Wildman–Crippen LogP) is 2.44. The molecule has 0 unspecified atom stereocenters. The largest absolute Gasteiger partial charge is 0.459 e. The van der Waals surface area contributed by atoms with Crippen LogP contribution in [0.3, 0.4) is 0 Å². The SMILES string of the molecule is O=C(OCC(=O)N1CCN(C(=O)c2ccco2)CC1)c1cccc(C(F)(F)F)c1. The molecule has 154 valence electrons. The summed E-state index contributed by atoms with van der Waals surface area (Å²) >= 11 is 0. The minimum absolute atomic E-state index is 0.208. The second-order valence-electron chi connectivity index (χ2n) is 6.30. The van der Waals surface area contributed by atoms with Gasteiger partial charge in [0.15, 0.2) is 12.4 Å². The van der Waals surface area contributed by atoms with Gasteiger partial charge in [-0.1, -0.05) is 6.07 Å². The average molecular weight is 410 g/mol. The normalized spacial score (nSPS) is 14.6. The Balaban J connectivity index is 1.49. The number of amides is 2. The average Bonchev–Trinajstić information content (AvgIpc) is 3.25. The lowest BCUT2D eigenvalue weighted by atomic mass is 10.1. The topological polar surface area (TPSA) is 80.1 Å². The van der Waals surface area contributed by atoms with E-state index >= 15 is 0 Å². The smallest absolute Gasteiger partial charge is 0.416 e. The summed E-state index contributed by atoms with van der Waals surface area (Å²) in [5, 5.41) is 0. The molecular formula is C19H17F3N2O5. The zero-order valence-electron chi connectivity index (χ0n) is 15.1. The van der Waals surface area contributed by atoms with E-state index in [-0.39, 0.29) is 43.4 Å². The lowest BCUT2D eigenvalue weighted by molar-refractivity contribution is -0.138. The van der Waals surface area contributed by atoms with Crippen LogP contribution in [0.25, 0.3) is 0 Å². The Morgan fingerprint density at radius 3 is 2.31 bits per heavy atom. The van der Waals surface area contributed by atoms with Crippen LogP contribution in [0.5, 0.6) is 0 Å². The van der Waals surface area contributed by atoms with Gasteiger partial charge in [0, 0.05) is 26.2 Å². The summed E-state index contributed by atoms with van der Waals surface area (Å²) in [7, 11) is 0. The number of carbonyl (C=O) groups is 3. The number of halogens is 3. The fraction of sp³-hybridized carbons (Fsp3) is 0.316. The van der Waals surface area contributed by atoms with Gasteiger partial charge in [0.1, 0.15) is 0 Å². The van der Waals surface area contributed by atoms with E-state index in [4.69, 9.17) is 9.15 Å². The Labute approximate surface area is 163 Å². The zero-order chi connectivity index (χ0) is 21.0. The van der Waals surface area contributed by atoms with Crippen molar-refractivity contribution in [3.05, 3.63) is 59.5 Å². The van der Waals surface area contributed by atoms with Crippen LogP contribution in [-0.4, -0.2) is 60.4 Å². The molecule has 2 heterocycles. The first-order valence-corrected chi connectivity index (χ1v) is 8.70. The van der Waals surface area contributed by atoms with Crippen LogP contribution >= 0.6 is 0 Å². The molecule has 1 aromatic heterocycles. The molecule has 1 fully saturated rings. The van der Waals surface area contributed by atoms with Crippen LogP contribution in [0, 0.1) is 0 Å². The van der Waals surface area contributed by atoms with Gasteiger partial charge in [-0.2, -0.15) is 13.2 Å². The Hall–Kier alpha value is -3.30. The fourth-order valence-electron chi connectivity index (χ4n) is 2.84. The lowest BCUT2D eigenvalue weighted by Gasteiger charge is -2.34. The number of alkyl halides is 3. The van der Waals surface area contributed by atoms with Crippen molar-refractivity contribution < 1.29 is 36.7 Å². The molecule has 0 aliphatic carbocycles. The van der Waals surface area contributed by atoms with Crippen LogP contribution in [0.1, 0.15) is 26.5 Å². The van der Waals surface area contributed by atoms with E-state index in [0.717, 1.165) is 12.1 Å². The van der Waals surface area contributed by atoms with E-state index in [1.807, 2.05) is 0 Å². The number of ether oxygens (including phenoxy) is 1. The molecule has 1 aliphatic heterocycles. The van der Waals surface area contributed by atoms with E-state index in [0.29, 0.717) is 6.07 Å². The first kappa shape index (κ1) is 20.4. The first-order valence-electron chi connectivity index (χ1n) is 8.70. The highest BCUT2D eigenvalue weighted by Crippen LogP contribution is 2.29. The molecule has 7 nitrogen and oxygen atoms in total. The second kappa shape index (κ2) is 8.38. The van der Waals surface area contributed by atoms with Gasteiger partial charge in [-0.15, -0.1) is 0 Å². The van der Waals surface area contributed by atoms with Crippen molar-refractivity contribution in [3.63, 3.8) is 0 Å². The molecule has 1 saturated heterocycles. The molecule has 0 saturated carbocycles. The molecule has 3 rings (SSSR count). The van der Waals surface area contributed by atoms with E-state index < -0.39 is 30.2 Å². The highest BCUT2D eigenvalue weighted by atomic mass is 19.4. The van der Waals surface area contributed by atoms with Gasteiger partial charge >= 0.3 is 12.1 Å². The molecule has 29 heavy (non-hydrogen) atoms. The number of benzene rings is 1. The van der Waals surface area contributed by atoms with E-state index in [1.54, 1.807) is 12.1 Å². The summed E-state index contributed by atoms with van der Waals surface area (Å²) in [6, 6.07) is 6.94. The number of carbonyl (C=O) groups excluding carboxylic acids is 3. The van der Waals surface area contributed by atoms with Gasteiger partial charge in [-0.05, 0) is 30.3 Å². The highest BCUT2D eigenvalue weighted by molar-refractivity contribution is 5.92. The number of esters is 1. The maximum Gasteiger partial charge on any atom is 0.416 e. The summed E-state index contributed by atoms with van der Waals surface area (Å²) in [6.45, 7) is 0.458. The molecule has 0 spiro atoms. The zero-order valence-corrected chi connectivity index (χ0v) is 15.1. The molecule has 2 aromatic rings. The van der Waals surface area contributed by atoms with Gasteiger partial charge in [-0.25, -0.2) is 4.79 Å². The number of hydrogen-bond donors (Lipinski definition) is 0. The third-order valence-corrected chi connectivity index (χ3v) is 4.40. The van der Waals surface area contributed by atoms with Crippen LogP contribution in [-0.2, 0) is 15.7 Å². The van der Waals surface area contributed by atoms with E-state index in [9.17, 15) is 27.6 Å². The molecule has 1 aliphatic rings. The van der Waals surface area contributed by atoms with Crippen LogP contribution in [0.2, 0.25) is 0 Å². The van der Waals surface area contributed by atoms with Crippen LogP contribution in [0.15, 0.2) is 47.1 Å². The van der Waals surface area contributed by atoms with E-state index in [1.165, 1.54) is 22.1 Å². The van der Waals surface area contributed by atoms with Crippen LogP contribution < -0.4 is 0 Å². The monoisotopic (exact) mass is 410 g/mol. The molecule has 0 atom stereocenters. The summed E-state index contributed by atoms with van der Waals surface area (Å²) < 4.78 is 48.1.